The van der Waals surface area contributed by atoms with E-state index in [1.165, 1.54) is 36.4 Å². The first-order chi connectivity index (χ1) is 20.5. The molecule has 2 N–H and O–H groups in total. The summed E-state index contributed by atoms with van der Waals surface area (Å²) < 4.78 is 42.9. The van der Waals surface area contributed by atoms with E-state index < -0.39 is 38.4 Å². The second-order valence-corrected chi connectivity index (χ2v) is 11.1. The van der Waals surface area contributed by atoms with Crippen molar-refractivity contribution in [1.82, 2.24) is 0 Å². The van der Waals surface area contributed by atoms with Crippen LogP contribution in [0.1, 0.15) is 31.1 Å². The molecular formula is C25H14N2Na4O13S3. The Kier molecular flexibility index (Phi) is 21.9. The van der Waals surface area contributed by atoms with Crippen molar-refractivity contribution in [2.24, 2.45) is 0 Å². The molecule has 22 heteroatoms. The molecule has 15 nitrogen and oxygen atoms in total. The third-order valence-corrected chi connectivity index (χ3v) is 7.90. The van der Waals surface area contributed by atoms with Gasteiger partial charge in [-0.3, -0.25) is 19.7 Å². The van der Waals surface area contributed by atoms with Crippen LogP contribution in [-0.4, -0.2) is 30.8 Å². The number of carboxylic acids is 1. The first-order valence-electron chi connectivity index (χ1n) is 11.4. The van der Waals surface area contributed by atoms with Gasteiger partial charge in [-0.1, -0.05) is 12.1 Å². The third kappa shape index (κ3) is 13.2. The minimum Gasteiger partial charge on any atom is -0.744 e. The van der Waals surface area contributed by atoms with Crippen LogP contribution in [0, 0.1) is 0 Å². The molecule has 0 aliphatic rings. The minimum absolute atomic E-state index is 0. The molecule has 4 aromatic rings. The van der Waals surface area contributed by atoms with Crippen LogP contribution < -0.4 is 144 Å². The van der Waals surface area contributed by atoms with Gasteiger partial charge in [0, 0.05) is 28.1 Å². The molecule has 0 unspecified atom stereocenters. The molecule has 0 aromatic heterocycles. The van der Waals surface area contributed by atoms with E-state index in [-0.39, 0.29) is 140 Å². The van der Waals surface area contributed by atoms with Crippen molar-refractivity contribution in [2.45, 2.75) is 14.7 Å². The number of amides is 2. The number of nitrogens with one attached hydrogen (secondary N) is 2. The first-order valence-corrected chi connectivity index (χ1v) is 14.3. The molecule has 0 aliphatic heterocycles. The van der Waals surface area contributed by atoms with Gasteiger partial charge in [0.15, 0.2) is 0 Å². The van der Waals surface area contributed by atoms with Crippen LogP contribution in [0.5, 0.6) is 0 Å². The second-order valence-electron chi connectivity index (χ2n) is 8.24. The van der Waals surface area contributed by atoms with Gasteiger partial charge < -0.3 is 35.6 Å². The van der Waals surface area contributed by atoms with Gasteiger partial charge >= 0.3 is 118 Å². The number of hydrogen-bond donors (Lipinski definition) is 2. The SMILES string of the molecule is O=C(Nc1ccc(SOO[O-])c(SOO[O-])c1)c1ccc2cc(C(=O)Nc3ccc(C(=O)[O-])c(S(=O)(=O)[O-])c3)ccc2c1.[Na+].[Na+].[Na+].[Na+]. The predicted octanol–water partition coefficient (Wildman–Crippen LogP) is -10.9. The molecule has 4 rings (SSSR count). The normalized spacial score (nSPS) is 10.4. The molecule has 47 heavy (non-hydrogen) atoms. The fourth-order valence-corrected chi connectivity index (χ4v) is 5.42. The number of benzene rings is 4. The largest absolute Gasteiger partial charge is 1.00 e. The van der Waals surface area contributed by atoms with Gasteiger partial charge in [-0.05, 0) is 71.4 Å². The Hall–Kier alpha value is -0.0800. The van der Waals surface area contributed by atoms with Crippen molar-refractivity contribution in [1.29, 1.82) is 0 Å². The summed E-state index contributed by atoms with van der Waals surface area (Å²) in [6, 6.07) is 16.2. The molecule has 0 aliphatic carbocycles. The van der Waals surface area contributed by atoms with Gasteiger partial charge in [-0.25, -0.2) is 8.42 Å². The van der Waals surface area contributed by atoms with Crippen LogP contribution in [0.25, 0.3) is 10.8 Å². The van der Waals surface area contributed by atoms with Crippen molar-refractivity contribution >= 4 is 74.1 Å². The van der Waals surface area contributed by atoms with Gasteiger partial charge in [0.25, 0.3) is 11.8 Å². The Bertz CT molecular complexity index is 1840. The van der Waals surface area contributed by atoms with Crippen LogP contribution in [0.15, 0.2) is 87.5 Å². The fourth-order valence-electron chi connectivity index (χ4n) is 3.73. The quantitative estimate of drug-likeness (QED) is 0.0451. The van der Waals surface area contributed by atoms with Gasteiger partial charge in [-0.2, -0.15) is 8.67 Å². The van der Waals surface area contributed by atoms with E-state index >= 15 is 0 Å². The molecule has 224 valence electrons. The molecule has 0 heterocycles. The number of carbonyl (C=O) groups is 3. The second kappa shape index (κ2) is 22.0. The maximum Gasteiger partial charge on any atom is 1.00 e. The summed E-state index contributed by atoms with van der Waals surface area (Å²) in [5, 5.41) is 44.3. The zero-order chi connectivity index (χ0) is 31.1. The summed E-state index contributed by atoms with van der Waals surface area (Å²) in [6.07, 6.45) is 0. The maximum atomic E-state index is 12.9. The number of anilines is 2. The van der Waals surface area contributed by atoms with Crippen molar-refractivity contribution in [3.63, 3.8) is 0 Å². The molecule has 0 bridgehead atoms. The Morgan fingerprint density at radius 2 is 1.11 bits per heavy atom. The van der Waals surface area contributed by atoms with Crippen LogP contribution in [0.4, 0.5) is 11.4 Å². The van der Waals surface area contributed by atoms with E-state index in [2.05, 4.69) is 29.4 Å². The number of rotatable bonds is 12. The van der Waals surface area contributed by atoms with E-state index in [1.807, 2.05) is 0 Å². The topological polar surface area (TPSA) is 239 Å². The zero-order valence-corrected chi connectivity index (χ0v) is 35.4. The Morgan fingerprint density at radius 1 is 0.638 bits per heavy atom. The van der Waals surface area contributed by atoms with Crippen LogP contribution >= 0.6 is 24.1 Å². The maximum absolute atomic E-state index is 12.9. The number of carboxylic acid groups (broad SMARTS) is 1. The summed E-state index contributed by atoms with van der Waals surface area (Å²) in [4.78, 5) is 36.3. The van der Waals surface area contributed by atoms with E-state index in [4.69, 9.17) is 0 Å². The summed E-state index contributed by atoms with van der Waals surface area (Å²) in [6.45, 7) is 0. The minimum atomic E-state index is -5.17. The summed E-state index contributed by atoms with van der Waals surface area (Å²) in [7, 11) is -5.17. The number of aromatic carboxylic acids is 1. The Labute approximate surface area is 363 Å². The fraction of sp³-hybridized carbons (Fsp3) is 0. The zero-order valence-electron chi connectivity index (χ0n) is 25.0. The van der Waals surface area contributed by atoms with Gasteiger partial charge in [0.2, 0.25) is 0 Å². The molecule has 0 saturated carbocycles. The smallest absolute Gasteiger partial charge is 0.744 e. The molecular weight excluding hydrogens is 724 g/mol. The molecule has 0 radical (unpaired) electrons. The number of hydrogen-bond acceptors (Lipinski definition) is 15. The predicted molar refractivity (Wildman–Crippen MR) is 141 cm³/mol. The molecule has 2 amide bonds. The van der Waals surface area contributed by atoms with E-state index in [9.17, 15) is 43.0 Å². The molecule has 0 atom stereocenters. The molecule has 4 aromatic carbocycles. The van der Waals surface area contributed by atoms with Crippen molar-refractivity contribution < 1.29 is 180 Å². The van der Waals surface area contributed by atoms with E-state index in [0.717, 1.165) is 18.2 Å². The Morgan fingerprint density at radius 3 is 1.57 bits per heavy atom. The average molecular weight is 739 g/mol. The van der Waals surface area contributed by atoms with Crippen LogP contribution in [-0.2, 0) is 28.9 Å². The van der Waals surface area contributed by atoms with Crippen molar-refractivity contribution in [3.8, 4) is 0 Å². The third-order valence-electron chi connectivity index (χ3n) is 5.60. The van der Waals surface area contributed by atoms with Gasteiger partial charge in [0.1, 0.15) is 10.1 Å². The van der Waals surface area contributed by atoms with E-state index in [1.54, 1.807) is 18.2 Å². The Balaban J connectivity index is 0.00000529. The number of carbonyl (C=O) groups excluding carboxylic acids is 3. The monoisotopic (exact) mass is 738 g/mol. The average Bonchev–Trinajstić information content (AvgIpc) is 2.98. The molecule has 0 fully saturated rings. The van der Waals surface area contributed by atoms with Gasteiger partial charge in [0.05, 0.1) is 44.7 Å². The number of fused-ring (bicyclic) bond motifs is 1. The summed E-state index contributed by atoms with van der Waals surface area (Å²) in [5.41, 5.74) is -0.291. The van der Waals surface area contributed by atoms with Crippen molar-refractivity contribution in [3.05, 3.63) is 89.5 Å². The summed E-state index contributed by atoms with van der Waals surface area (Å²) >= 11 is 1.03. The van der Waals surface area contributed by atoms with Crippen molar-refractivity contribution in [2.75, 3.05) is 10.6 Å². The van der Waals surface area contributed by atoms with E-state index in [0.29, 0.717) is 45.4 Å². The molecule has 0 saturated heterocycles. The van der Waals surface area contributed by atoms with Gasteiger partial charge in [-0.15, -0.1) is 0 Å². The van der Waals surface area contributed by atoms with Crippen LogP contribution in [0.2, 0.25) is 0 Å². The van der Waals surface area contributed by atoms with Crippen LogP contribution in [0.3, 0.4) is 0 Å². The summed E-state index contributed by atoms with van der Waals surface area (Å²) in [5.74, 6) is -3.06. The standard InChI is InChI=1S/C25H18N2O13S3.4Na/c28-23(26-17-6-8-20(41-39-37-32)21(11-17)42-40-38-33)15-3-1-14-10-16(4-2-13(14)9-15)24(29)27-18-5-7-19(25(30)31)22(12-18)43(34,35)36;;;;/h1-12,32-33H,(H,26,28)(H,27,29)(H,30,31)(H,34,35,36);;;;/q;4*+1/p-4. The molecule has 0 spiro atoms. The first kappa shape index (κ1) is 46.9.